The second kappa shape index (κ2) is 5.77. The fourth-order valence-corrected chi connectivity index (χ4v) is 1.66. The molecule has 0 radical (unpaired) electrons. The molecule has 1 nitrogen and oxygen atoms in total. The van der Waals surface area contributed by atoms with Gasteiger partial charge in [0, 0.05) is 6.04 Å². The molecule has 0 aromatic heterocycles. The third-order valence-electron chi connectivity index (χ3n) is 2.69. The highest BCUT2D eigenvalue weighted by Crippen LogP contribution is 2.07. The molecule has 0 bridgehead atoms. The van der Waals surface area contributed by atoms with Crippen molar-refractivity contribution in [1.82, 2.24) is 0 Å². The third-order valence-corrected chi connectivity index (χ3v) is 2.69. The van der Waals surface area contributed by atoms with Crippen LogP contribution in [0.3, 0.4) is 0 Å². The summed E-state index contributed by atoms with van der Waals surface area (Å²) in [5.41, 5.74) is 10.0. The Hall–Kier alpha value is -1.02. The second-order valence-electron chi connectivity index (χ2n) is 4.39. The Morgan fingerprint density at radius 2 is 2.13 bits per heavy atom. The molecule has 0 spiro atoms. The predicted octanol–water partition coefficient (Wildman–Crippen LogP) is 1.17. The van der Waals surface area contributed by atoms with Crippen LogP contribution in [0.5, 0.6) is 0 Å². The molecule has 1 aromatic carbocycles. The van der Waals surface area contributed by atoms with E-state index in [0.717, 1.165) is 19.3 Å². The van der Waals surface area contributed by atoms with E-state index in [9.17, 15) is 0 Å². The van der Waals surface area contributed by atoms with Crippen molar-refractivity contribution in [2.75, 3.05) is 0 Å². The van der Waals surface area contributed by atoms with Gasteiger partial charge >= 0.3 is 0 Å². The fourth-order valence-electron chi connectivity index (χ4n) is 1.66. The first kappa shape index (κ1) is 12.1. The normalized spacial score (nSPS) is 12.4. The lowest BCUT2D eigenvalue weighted by Gasteiger charge is -2.13. The molecule has 0 aliphatic carbocycles. The van der Waals surface area contributed by atoms with Crippen molar-refractivity contribution in [2.24, 2.45) is 5.73 Å². The summed E-state index contributed by atoms with van der Waals surface area (Å²) in [6, 6.07) is 8.70. The number of hydrogen-bond donors (Lipinski definition) is 1. The van der Waals surface area contributed by atoms with Crippen LogP contribution in [0.2, 0.25) is 0 Å². The molecule has 1 rings (SSSR count). The molecule has 2 heteroatoms. The van der Waals surface area contributed by atoms with Crippen molar-refractivity contribution in [3.05, 3.63) is 42.0 Å². The van der Waals surface area contributed by atoms with Crippen LogP contribution in [0, 0.1) is 0 Å². The lowest BCUT2D eigenvalue weighted by atomic mass is 9.87. The monoisotopic (exact) mass is 201 g/mol. The average Bonchev–Trinajstić information content (AvgIpc) is 2.18. The zero-order valence-corrected chi connectivity index (χ0v) is 9.79. The van der Waals surface area contributed by atoms with Crippen molar-refractivity contribution in [1.29, 1.82) is 0 Å². The molecule has 0 saturated carbocycles. The molecule has 0 amide bonds. The molecule has 1 aromatic rings. The van der Waals surface area contributed by atoms with Crippen LogP contribution >= 0.6 is 0 Å². The largest absolute Gasteiger partial charge is 0.327 e. The minimum Gasteiger partial charge on any atom is -0.327 e. The van der Waals surface area contributed by atoms with Crippen LogP contribution in [0.4, 0.5) is 0 Å². The van der Waals surface area contributed by atoms with Crippen LogP contribution in [-0.2, 0) is 6.42 Å². The van der Waals surface area contributed by atoms with Crippen LogP contribution < -0.4 is 11.2 Å². The SMILES string of the molecule is Bc1ccccc1CC(N)CCC(=C)C. The molecule has 15 heavy (non-hydrogen) atoms. The molecule has 0 aliphatic heterocycles. The highest BCUT2D eigenvalue weighted by Gasteiger charge is 2.05. The van der Waals surface area contributed by atoms with Crippen molar-refractivity contribution in [3.8, 4) is 0 Å². The van der Waals surface area contributed by atoms with Gasteiger partial charge in [0.15, 0.2) is 0 Å². The van der Waals surface area contributed by atoms with Gasteiger partial charge in [-0.25, -0.2) is 0 Å². The molecule has 80 valence electrons. The van der Waals surface area contributed by atoms with Crippen LogP contribution in [0.15, 0.2) is 36.4 Å². The maximum absolute atomic E-state index is 6.08. The highest BCUT2D eigenvalue weighted by molar-refractivity contribution is 6.33. The van der Waals surface area contributed by atoms with Crippen molar-refractivity contribution >= 4 is 13.3 Å². The van der Waals surface area contributed by atoms with Gasteiger partial charge in [-0.15, -0.1) is 6.58 Å². The van der Waals surface area contributed by atoms with Crippen LogP contribution in [0.25, 0.3) is 0 Å². The predicted molar refractivity (Wildman–Crippen MR) is 70.3 cm³/mol. The number of rotatable bonds is 5. The smallest absolute Gasteiger partial charge is 0.139 e. The van der Waals surface area contributed by atoms with Crippen molar-refractivity contribution in [3.63, 3.8) is 0 Å². The van der Waals surface area contributed by atoms with Gasteiger partial charge in [-0.05, 0) is 26.2 Å². The van der Waals surface area contributed by atoms with Gasteiger partial charge in [-0.1, -0.05) is 40.9 Å². The Labute approximate surface area is 93.8 Å². The Morgan fingerprint density at radius 3 is 2.73 bits per heavy atom. The standard InChI is InChI=1S/C13H20BN/c1-10(2)7-8-12(15)9-11-5-3-4-6-13(11)14/h3-6,12H,1,7-9,14-15H2,2H3. The summed E-state index contributed by atoms with van der Waals surface area (Å²) in [6.07, 6.45) is 3.04. The van der Waals surface area contributed by atoms with Gasteiger partial charge < -0.3 is 5.73 Å². The molecule has 1 atom stereocenters. The lowest BCUT2D eigenvalue weighted by molar-refractivity contribution is 0.610. The zero-order chi connectivity index (χ0) is 11.3. The average molecular weight is 201 g/mol. The van der Waals surface area contributed by atoms with Gasteiger partial charge in [0.25, 0.3) is 0 Å². The first-order valence-corrected chi connectivity index (χ1v) is 5.54. The lowest BCUT2D eigenvalue weighted by Crippen LogP contribution is -2.26. The van der Waals surface area contributed by atoms with Gasteiger partial charge in [-0.3, -0.25) is 0 Å². The van der Waals surface area contributed by atoms with E-state index in [2.05, 4.69) is 45.6 Å². The van der Waals surface area contributed by atoms with E-state index in [1.54, 1.807) is 0 Å². The summed E-state index contributed by atoms with van der Waals surface area (Å²) < 4.78 is 0. The summed E-state index contributed by atoms with van der Waals surface area (Å²) in [7, 11) is 2.14. The van der Waals surface area contributed by atoms with Gasteiger partial charge in [-0.2, -0.15) is 0 Å². The summed E-state index contributed by atoms with van der Waals surface area (Å²) in [6.45, 7) is 5.95. The van der Waals surface area contributed by atoms with E-state index in [4.69, 9.17) is 5.73 Å². The fraction of sp³-hybridized carbons (Fsp3) is 0.385. The number of nitrogens with two attached hydrogens (primary N) is 1. The Balaban J connectivity index is 2.47. The second-order valence-corrected chi connectivity index (χ2v) is 4.39. The highest BCUT2D eigenvalue weighted by atomic mass is 14.6. The maximum Gasteiger partial charge on any atom is 0.139 e. The Kier molecular flexibility index (Phi) is 4.63. The number of hydrogen-bond acceptors (Lipinski definition) is 1. The van der Waals surface area contributed by atoms with Gasteiger partial charge in [0.2, 0.25) is 0 Å². The molecular formula is C13H20BN. The molecular weight excluding hydrogens is 181 g/mol. The van der Waals surface area contributed by atoms with E-state index in [-0.39, 0.29) is 6.04 Å². The molecule has 0 fully saturated rings. The van der Waals surface area contributed by atoms with Crippen LogP contribution in [-0.4, -0.2) is 13.9 Å². The summed E-state index contributed by atoms with van der Waals surface area (Å²) in [5.74, 6) is 0. The number of allylic oxidation sites excluding steroid dienone is 1. The summed E-state index contributed by atoms with van der Waals surface area (Å²) in [5, 5.41) is 0. The number of benzene rings is 1. The van der Waals surface area contributed by atoms with E-state index in [1.807, 2.05) is 0 Å². The van der Waals surface area contributed by atoms with Crippen LogP contribution in [0.1, 0.15) is 25.3 Å². The first-order valence-electron chi connectivity index (χ1n) is 5.54. The first-order chi connectivity index (χ1) is 7.09. The van der Waals surface area contributed by atoms with E-state index < -0.39 is 0 Å². The summed E-state index contributed by atoms with van der Waals surface area (Å²) in [4.78, 5) is 0. The minimum atomic E-state index is 0.253. The summed E-state index contributed by atoms with van der Waals surface area (Å²) >= 11 is 0. The third kappa shape index (κ3) is 4.35. The topological polar surface area (TPSA) is 26.0 Å². The van der Waals surface area contributed by atoms with Crippen molar-refractivity contribution < 1.29 is 0 Å². The van der Waals surface area contributed by atoms with E-state index >= 15 is 0 Å². The quantitative estimate of drug-likeness (QED) is 0.561. The maximum atomic E-state index is 6.08. The van der Waals surface area contributed by atoms with Gasteiger partial charge in [0.05, 0.1) is 0 Å². The van der Waals surface area contributed by atoms with E-state index in [0.29, 0.717) is 0 Å². The molecule has 0 aliphatic rings. The minimum absolute atomic E-state index is 0.253. The molecule has 2 N–H and O–H groups in total. The van der Waals surface area contributed by atoms with E-state index in [1.165, 1.54) is 16.6 Å². The Bertz CT molecular complexity index is 333. The zero-order valence-electron chi connectivity index (χ0n) is 9.79. The molecule has 1 unspecified atom stereocenters. The van der Waals surface area contributed by atoms with Crippen molar-refractivity contribution in [2.45, 2.75) is 32.2 Å². The molecule has 0 saturated heterocycles. The molecule has 0 heterocycles. The Morgan fingerprint density at radius 1 is 1.47 bits per heavy atom. The van der Waals surface area contributed by atoms with Gasteiger partial charge in [0.1, 0.15) is 7.85 Å².